The first-order valence-corrected chi connectivity index (χ1v) is 9.35. The first-order valence-electron chi connectivity index (χ1n) is 9.35. The molecule has 1 atom stereocenters. The number of amides is 2. The predicted molar refractivity (Wildman–Crippen MR) is 87.9 cm³/mol. The topological polar surface area (TPSA) is 65.5 Å². The number of aliphatic hydroxyl groups is 1. The van der Waals surface area contributed by atoms with Crippen molar-refractivity contribution in [3.05, 3.63) is 0 Å². The van der Waals surface area contributed by atoms with Gasteiger partial charge in [-0.25, -0.2) is 4.79 Å². The van der Waals surface area contributed by atoms with Crippen molar-refractivity contribution in [3.8, 4) is 0 Å². The molecule has 1 aliphatic carbocycles. The highest BCUT2D eigenvalue weighted by Crippen LogP contribution is 2.43. The zero-order chi connectivity index (χ0) is 16.6. The molecule has 2 bridgehead atoms. The van der Waals surface area contributed by atoms with Crippen molar-refractivity contribution in [2.75, 3.05) is 59.2 Å². The monoisotopic (exact) mass is 339 g/mol. The highest BCUT2D eigenvalue weighted by molar-refractivity contribution is 5.76. The summed E-state index contributed by atoms with van der Waals surface area (Å²) in [6.45, 7) is 6.55. The molecule has 0 aromatic carbocycles. The smallest absolute Gasteiger partial charge is 0.320 e. The number of morpholine rings is 2. The predicted octanol–water partition coefficient (Wildman–Crippen LogP) is 0.129. The number of nitrogens with zero attached hydrogens (tertiary/aromatic N) is 3. The number of urea groups is 1. The second-order valence-corrected chi connectivity index (χ2v) is 7.55. The third kappa shape index (κ3) is 3.03. The first-order chi connectivity index (χ1) is 11.7. The Morgan fingerprint density at radius 3 is 2.21 bits per heavy atom. The fourth-order valence-electron chi connectivity index (χ4n) is 4.72. The number of fused-ring (bicyclic) bond motifs is 3. The van der Waals surface area contributed by atoms with Crippen LogP contribution >= 0.6 is 0 Å². The number of rotatable bonds is 2. The molecule has 0 aromatic rings. The molecule has 0 aromatic heterocycles. The Balaban J connectivity index is 1.53. The summed E-state index contributed by atoms with van der Waals surface area (Å²) in [5.74, 6) is 0. The Kier molecular flexibility index (Phi) is 4.68. The van der Waals surface area contributed by atoms with E-state index in [1.54, 1.807) is 0 Å². The fraction of sp³-hybridized carbons (Fsp3) is 0.941. The van der Waals surface area contributed by atoms with E-state index in [1.807, 2.05) is 9.80 Å². The lowest BCUT2D eigenvalue weighted by Gasteiger charge is -2.57. The molecule has 1 N–H and O–H groups in total. The van der Waals surface area contributed by atoms with Gasteiger partial charge in [0, 0.05) is 38.8 Å². The lowest BCUT2D eigenvalue weighted by Crippen LogP contribution is -2.71. The molecule has 2 amide bonds. The average molecular weight is 339 g/mol. The van der Waals surface area contributed by atoms with Crippen LogP contribution in [0.3, 0.4) is 0 Å². The van der Waals surface area contributed by atoms with Crippen molar-refractivity contribution in [3.63, 3.8) is 0 Å². The van der Waals surface area contributed by atoms with Crippen molar-refractivity contribution in [2.24, 2.45) is 0 Å². The number of hydrogen-bond donors (Lipinski definition) is 1. The first kappa shape index (κ1) is 16.6. The Bertz CT molecular complexity index is 455. The van der Waals surface area contributed by atoms with Gasteiger partial charge in [-0.1, -0.05) is 0 Å². The second kappa shape index (κ2) is 6.78. The van der Waals surface area contributed by atoms with Gasteiger partial charge in [-0.3, -0.25) is 4.90 Å². The van der Waals surface area contributed by atoms with Crippen molar-refractivity contribution < 1.29 is 19.4 Å². The van der Waals surface area contributed by atoms with Crippen molar-refractivity contribution >= 4 is 6.03 Å². The summed E-state index contributed by atoms with van der Waals surface area (Å²) in [5.41, 5.74) is -0.727. The molecule has 5 aliphatic rings. The summed E-state index contributed by atoms with van der Waals surface area (Å²) >= 11 is 0. The maximum atomic E-state index is 13.2. The standard InChI is InChI=1S/C17H29N3O4/c21-16(19-7-11-24-12-8-19)20-14-1-3-17(22,4-2-14)15(20)13-18-5-9-23-10-6-18/h14-15,22H,1-13H2. The molecule has 0 radical (unpaired) electrons. The lowest BCUT2D eigenvalue weighted by molar-refractivity contribution is -0.140. The number of piperidine rings is 2. The maximum absolute atomic E-state index is 13.2. The summed E-state index contributed by atoms with van der Waals surface area (Å²) in [6.07, 6.45) is 3.48. The van der Waals surface area contributed by atoms with E-state index in [-0.39, 0.29) is 18.1 Å². The minimum Gasteiger partial charge on any atom is -0.388 e. The van der Waals surface area contributed by atoms with Crippen LogP contribution in [0, 0.1) is 0 Å². The SMILES string of the molecule is O=C(N1CCOCC1)N1C2CCC(O)(CC2)C1CN1CCOCC1. The van der Waals surface area contributed by atoms with E-state index in [1.165, 1.54) is 0 Å². The van der Waals surface area contributed by atoms with Gasteiger partial charge in [0.05, 0.1) is 38.1 Å². The van der Waals surface area contributed by atoms with E-state index in [9.17, 15) is 9.90 Å². The Labute approximate surface area is 143 Å². The molecule has 4 heterocycles. The summed E-state index contributed by atoms with van der Waals surface area (Å²) in [5, 5.41) is 11.2. The summed E-state index contributed by atoms with van der Waals surface area (Å²) in [7, 11) is 0. The van der Waals surface area contributed by atoms with Crippen LogP contribution in [0.15, 0.2) is 0 Å². The van der Waals surface area contributed by atoms with Crippen molar-refractivity contribution in [1.29, 1.82) is 0 Å². The van der Waals surface area contributed by atoms with Gasteiger partial charge in [-0.05, 0) is 25.7 Å². The summed E-state index contributed by atoms with van der Waals surface area (Å²) < 4.78 is 10.8. The zero-order valence-corrected chi connectivity index (χ0v) is 14.4. The van der Waals surface area contributed by atoms with Crippen LogP contribution in [0.5, 0.6) is 0 Å². The maximum Gasteiger partial charge on any atom is 0.320 e. The number of ether oxygens (including phenoxy) is 2. The van der Waals surface area contributed by atoms with E-state index in [0.29, 0.717) is 26.3 Å². The van der Waals surface area contributed by atoms with E-state index in [2.05, 4.69) is 4.90 Å². The van der Waals surface area contributed by atoms with Gasteiger partial charge in [0.2, 0.25) is 0 Å². The van der Waals surface area contributed by atoms with E-state index in [0.717, 1.165) is 58.5 Å². The number of carbonyl (C=O) groups excluding carboxylic acids is 1. The van der Waals surface area contributed by atoms with Gasteiger partial charge >= 0.3 is 6.03 Å². The number of carbonyl (C=O) groups is 1. The largest absolute Gasteiger partial charge is 0.388 e. The van der Waals surface area contributed by atoms with E-state index in [4.69, 9.17) is 9.47 Å². The van der Waals surface area contributed by atoms with Gasteiger partial charge < -0.3 is 24.4 Å². The molecule has 5 rings (SSSR count). The van der Waals surface area contributed by atoms with Crippen molar-refractivity contribution in [1.82, 2.24) is 14.7 Å². The Hall–Kier alpha value is -0.890. The molecular formula is C17H29N3O4. The fourth-order valence-corrected chi connectivity index (χ4v) is 4.72. The van der Waals surface area contributed by atoms with Crippen LogP contribution in [0.4, 0.5) is 4.79 Å². The van der Waals surface area contributed by atoms with Crippen LogP contribution in [0.2, 0.25) is 0 Å². The molecular weight excluding hydrogens is 310 g/mol. The van der Waals surface area contributed by atoms with Crippen LogP contribution in [-0.4, -0.2) is 103 Å². The quantitative estimate of drug-likeness (QED) is 0.775. The molecule has 4 saturated heterocycles. The second-order valence-electron chi connectivity index (χ2n) is 7.55. The number of hydrogen-bond acceptors (Lipinski definition) is 5. The molecule has 0 spiro atoms. The van der Waals surface area contributed by atoms with Gasteiger partial charge in [0.1, 0.15) is 0 Å². The van der Waals surface area contributed by atoms with Crippen LogP contribution in [0.25, 0.3) is 0 Å². The van der Waals surface area contributed by atoms with Crippen LogP contribution < -0.4 is 0 Å². The average Bonchev–Trinajstić information content (AvgIpc) is 2.64. The summed E-state index contributed by atoms with van der Waals surface area (Å²) in [4.78, 5) is 19.4. The molecule has 5 fully saturated rings. The van der Waals surface area contributed by atoms with Gasteiger partial charge in [0.15, 0.2) is 0 Å². The highest BCUT2D eigenvalue weighted by atomic mass is 16.5. The minimum atomic E-state index is -0.727. The Morgan fingerprint density at radius 1 is 1.00 bits per heavy atom. The molecule has 1 unspecified atom stereocenters. The van der Waals surface area contributed by atoms with E-state index < -0.39 is 5.60 Å². The minimum absolute atomic E-state index is 0.0967. The van der Waals surface area contributed by atoms with Gasteiger partial charge in [-0.2, -0.15) is 0 Å². The third-order valence-corrected chi connectivity index (χ3v) is 6.21. The molecule has 7 nitrogen and oxygen atoms in total. The molecule has 7 heteroatoms. The zero-order valence-electron chi connectivity index (χ0n) is 14.4. The van der Waals surface area contributed by atoms with Crippen LogP contribution in [-0.2, 0) is 9.47 Å². The van der Waals surface area contributed by atoms with Gasteiger partial charge in [-0.15, -0.1) is 0 Å². The molecule has 24 heavy (non-hydrogen) atoms. The normalized spacial score (nSPS) is 37.7. The van der Waals surface area contributed by atoms with Gasteiger partial charge in [0.25, 0.3) is 0 Å². The van der Waals surface area contributed by atoms with E-state index >= 15 is 0 Å². The lowest BCUT2D eigenvalue weighted by atomic mass is 9.71. The van der Waals surface area contributed by atoms with Crippen molar-refractivity contribution in [2.45, 2.75) is 43.4 Å². The molecule has 4 aliphatic heterocycles. The summed E-state index contributed by atoms with van der Waals surface area (Å²) in [6, 6.07) is 0.276. The third-order valence-electron chi connectivity index (χ3n) is 6.21. The highest BCUT2D eigenvalue weighted by Gasteiger charge is 2.54. The molecule has 136 valence electrons. The Morgan fingerprint density at radius 2 is 1.58 bits per heavy atom. The van der Waals surface area contributed by atoms with Crippen LogP contribution in [0.1, 0.15) is 25.7 Å². The molecule has 1 saturated carbocycles.